The van der Waals surface area contributed by atoms with Gasteiger partial charge in [-0.1, -0.05) is 6.07 Å². The van der Waals surface area contributed by atoms with Crippen molar-refractivity contribution in [1.82, 2.24) is 4.98 Å². The summed E-state index contributed by atoms with van der Waals surface area (Å²) in [7, 11) is 1.62. The predicted octanol–water partition coefficient (Wildman–Crippen LogP) is 1.68. The van der Waals surface area contributed by atoms with E-state index in [0.717, 1.165) is 25.5 Å². The van der Waals surface area contributed by atoms with Crippen LogP contribution >= 0.6 is 0 Å². The molecular weight excluding hydrogens is 192 g/mol. The van der Waals surface area contributed by atoms with E-state index in [1.165, 1.54) is 0 Å². The summed E-state index contributed by atoms with van der Waals surface area (Å²) in [4.78, 5) is 4.31. The first-order valence-corrected chi connectivity index (χ1v) is 5.09. The molecule has 0 amide bonds. The van der Waals surface area contributed by atoms with Crippen LogP contribution in [0, 0.1) is 0 Å². The SMILES string of the molecule is COc1cccc(NC2(C)CCOC2)n1. The Morgan fingerprint density at radius 1 is 1.53 bits per heavy atom. The van der Waals surface area contributed by atoms with E-state index in [-0.39, 0.29) is 5.54 Å². The minimum Gasteiger partial charge on any atom is -0.481 e. The van der Waals surface area contributed by atoms with E-state index in [1.54, 1.807) is 7.11 Å². The quantitative estimate of drug-likeness (QED) is 0.820. The molecule has 1 aromatic rings. The lowest BCUT2D eigenvalue weighted by Gasteiger charge is -2.24. The van der Waals surface area contributed by atoms with Crippen LogP contribution in [0.2, 0.25) is 0 Å². The first kappa shape index (κ1) is 10.2. The minimum atomic E-state index is -0.000630. The van der Waals surface area contributed by atoms with E-state index in [9.17, 15) is 0 Å². The zero-order valence-electron chi connectivity index (χ0n) is 9.12. The molecule has 0 aromatic carbocycles. The lowest BCUT2D eigenvalue weighted by atomic mass is 10.0. The molecule has 4 heteroatoms. The molecule has 1 aromatic heterocycles. The van der Waals surface area contributed by atoms with Crippen LogP contribution in [0.5, 0.6) is 5.88 Å². The maximum atomic E-state index is 5.37. The summed E-state index contributed by atoms with van der Waals surface area (Å²) in [6, 6.07) is 5.69. The van der Waals surface area contributed by atoms with Crippen LogP contribution < -0.4 is 10.1 Å². The summed E-state index contributed by atoms with van der Waals surface area (Å²) in [6.45, 7) is 3.68. The van der Waals surface area contributed by atoms with Gasteiger partial charge < -0.3 is 14.8 Å². The number of methoxy groups -OCH3 is 1. The Balaban J connectivity index is 2.09. The molecule has 15 heavy (non-hydrogen) atoms. The zero-order valence-corrected chi connectivity index (χ0v) is 9.12. The van der Waals surface area contributed by atoms with Crippen LogP contribution in [0.1, 0.15) is 13.3 Å². The number of rotatable bonds is 3. The lowest BCUT2D eigenvalue weighted by Crippen LogP contribution is -2.35. The maximum absolute atomic E-state index is 5.37. The summed E-state index contributed by atoms with van der Waals surface area (Å²) in [5.41, 5.74) is -0.000630. The normalized spacial score (nSPS) is 25.2. The number of hydrogen-bond acceptors (Lipinski definition) is 4. The molecule has 1 saturated heterocycles. The second-order valence-corrected chi connectivity index (χ2v) is 4.05. The van der Waals surface area contributed by atoms with Crippen LogP contribution in [0.3, 0.4) is 0 Å². The fourth-order valence-corrected chi connectivity index (χ4v) is 1.67. The molecule has 0 saturated carbocycles. The Bertz CT molecular complexity index is 335. The molecule has 1 fully saturated rings. The van der Waals surface area contributed by atoms with Gasteiger partial charge in [-0.2, -0.15) is 4.98 Å². The Kier molecular flexibility index (Phi) is 2.77. The molecule has 4 nitrogen and oxygen atoms in total. The van der Waals surface area contributed by atoms with E-state index >= 15 is 0 Å². The first-order valence-electron chi connectivity index (χ1n) is 5.09. The Morgan fingerprint density at radius 3 is 3.07 bits per heavy atom. The molecule has 0 bridgehead atoms. The van der Waals surface area contributed by atoms with E-state index in [4.69, 9.17) is 9.47 Å². The molecule has 0 radical (unpaired) electrons. The van der Waals surface area contributed by atoms with Crippen molar-refractivity contribution in [3.63, 3.8) is 0 Å². The van der Waals surface area contributed by atoms with Crippen LogP contribution in [-0.4, -0.2) is 30.8 Å². The lowest BCUT2D eigenvalue weighted by molar-refractivity contribution is 0.185. The average Bonchev–Trinajstić information content (AvgIpc) is 2.65. The highest BCUT2D eigenvalue weighted by atomic mass is 16.5. The highest BCUT2D eigenvalue weighted by Gasteiger charge is 2.29. The highest BCUT2D eigenvalue weighted by Crippen LogP contribution is 2.23. The second kappa shape index (κ2) is 4.06. The molecular formula is C11H16N2O2. The number of nitrogens with zero attached hydrogens (tertiary/aromatic N) is 1. The smallest absolute Gasteiger partial charge is 0.214 e. The monoisotopic (exact) mass is 208 g/mol. The van der Waals surface area contributed by atoms with E-state index in [0.29, 0.717) is 5.88 Å². The number of nitrogens with one attached hydrogen (secondary N) is 1. The molecule has 1 atom stereocenters. The summed E-state index contributed by atoms with van der Waals surface area (Å²) in [5, 5.41) is 3.38. The summed E-state index contributed by atoms with van der Waals surface area (Å²) in [5.74, 6) is 1.46. The van der Waals surface area contributed by atoms with Crippen LogP contribution in [0.4, 0.5) is 5.82 Å². The molecule has 0 spiro atoms. The van der Waals surface area contributed by atoms with Gasteiger partial charge >= 0.3 is 0 Å². The number of aromatic nitrogens is 1. The van der Waals surface area contributed by atoms with Crippen molar-refractivity contribution >= 4 is 5.82 Å². The molecule has 0 aliphatic carbocycles. The molecule has 1 N–H and O–H groups in total. The van der Waals surface area contributed by atoms with Crippen molar-refractivity contribution < 1.29 is 9.47 Å². The molecule has 82 valence electrons. The Hall–Kier alpha value is -1.29. The van der Waals surface area contributed by atoms with Gasteiger partial charge in [-0.05, 0) is 19.4 Å². The number of pyridine rings is 1. The van der Waals surface area contributed by atoms with Crippen LogP contribution in [0.25, 0.3) is 0 Å². The molecule has 1 aliphatic rings. The fourth-order valence-electron chi connectivity index (χ4n) is 1.67. The summed E-state index contributed by atoms with van der Waals surface area (Å²) >= 11 is 0. The van der Waals surface area contributed by atoms with Crippen molar-refractivity contribution in [1.29, 1.82) is 0 Å². The third-order valence-corrected chi connectivity index (χ3v) is 2.58. The van der Waals surface area contributed by atoms with Gasteiger partial charge in [-0.3, -0.25) is 0 Å². The third-order valence-electron chi connectivity index (χ3n) is 2.58. The number of hydrogen-bond donors (Lipinski definition) is 1. The van der Waals surface area contributed by atoms with Gasteiger partial charge in [-0.25, -0.2) is 0 Å². The topological polar surface area (TPSA) is 43.4 Å². The standard InChI is InChI=1S/C11H16N2O2/c1-11(6-7-15-8-11)13-9-4-3-5-10(12-9)14-2/h3-5H,6-8H2,1-2H3,(H,12,13). The minimum absolute atomic E-state index is 0.000630. The predicted molar refractivity (Wildman–Crippen MR) is 58.3 cm³/mol. The van der Waals surface area contributed by atoms with E-state index in [1.807, 2.05) is 18.2 Å². The van der Waals surface area contributed by atoms with Gasteiger partial charge in [0.1, 0.15) is 5.82 Å². The Labute approximate surface area is 89.6 Å². The summed E-state index contributed by atoms with van der Waals surface area (Å²) in [6.07, 6.45) is 1.01. The van der Waals surface area contributed by atoms with Gasteiger partial charge in [0.05, 0.1) is 19.3 Å². The van der Waals surface area contributed by atoms with Crippen LogP contribution in [0.15, 0.2) is 18.2 Å². The van der Waals surface area contributed by atoms with Crippen molar-refractivity contribution in [2.75, 3.05) is 25.6 Å². The van der Waals surface area contributed by atoms with Gasteiger partial charge in [0.2, 0.25) is 5.88 Å². The first-order chi connectivity index (χ1) is 7.22. The molecule has 1 unspecified atom stereocenters. The van der Waals surface area contributed by atoms with Crippen molar-refractivity contribution in [2.24, 2.45) is 0 Å². The third kappa shape index (κ3) is 2.39. The van der Waals surface area contributed by atoms with Crippen LogP contribution in [-0.2, 0) is 4.74 Å². The fraction of sp³-hybridized carbons (Fsp3) is 0.545. The van der Waals surface area contributed by atoms with E-state index < -0.39 is 0 Å². The number of ether oxygens (including phenoxy) is 2. The van der Waals surface area contributed by atoms with Gasteiger partial charge in [0, 0.05) is 12.7 Å². The largest absolute Gasteiger partial charge is 0.481 e. The number of anilines is 1. The van der Waals surface area contributed by atoms with Crippen molar-refractivity contribution in [3.8, 4) is 5.88 Å². The van der Waals surface area contributed by atoms with E-state index in [2.05, 4.69) is 17.2 Å². The van der Waals surface area contributed by atoms with Gasteiger partial charge in [-0.15, -0.1) is 0 Å². The van der Waals surface area contributed by atoms with Crippen molar-refractivity contribution in [2.45, 2.75) is 18.9 Å². The highest BCUT2D eigenvalue weighted by molar-refractivity contribution is 5.40. The molecule has 2 rings (SSSR count). The van der Waals surface area contributed by atoms with Gasteiger partial charge in [0.15, 0.2) is 0 Å². The Morgan fingerprint density at radius 2 is 2.40 bits per heavy atom. The molecule has 1 aliphatic heterocycles. The zero-order chi connectivity index (χ0) is 10.7. The average molecular weight is 208 g/mol. The van der Waals surface area contributed by atoms with Crippen molar-refractivity contribution in [3.05, 3.63) is 18.2 Å². The molecule has 2 heterocycles. The maximum Gasteiger partial charge on any atom is 0.214 e. The van der Waals surface area contributed by atoms with Gasteiger partial charge in [0.25, 0.3) is 0 Å². The summed E-state index contributed by atoms with van der Waals surface area (Å²) < 4.78 is 10.4. The second-order valence-electron chi connectivity index (χ2n) is 4.05.